The second-order valence-corrected chi connectivity index (χ2v) is 9.36. The van der Waals surface area contributed by atoms with Gasteiger partial charge in [-0.05, 0) is 55.2 Å². The van der Waals surface area contributed by atoms with Crippen LogP contribution in [0.4, 0.5) is 0 Å². The van der Waals surface area contributed by atoms with Crippen molar-refractivity contribution >= 4 is 27.4 Å². The van der Waals surface area contributed by atoms with E-state index in [2.05, 4.69) is 0 Å². The van der Waals surface area contributed by atoms with E-state index in [0.717, 1.165) is 11.1 Å². The lowest BCUT2D eigenvalue weighted by Gasteiger charge is -2.12. The molecule has 0 amide bonds. The van der Waals surface area contributed by atoms with E-state index in [1.54, 1.807) is 18.4 Å². The summed E-state index contributed by atoms with van der Waals surface area (Å²) in [4.78, 5) is 11.6. The maximum atomic E-state index is 12.8. The normalized spacial score (nSPS) is 11.5. The maximum Gasteiger partial charge on any atom is 0.336 e. The van der Waals surface area contributed by atoms with Crippen LogP contribution < -0.4 is 0 Å². The molecular weight excluding hydrogens is 412 g/mol. The summed E-state index contributed by atoms with van der Waals surface area (Å²) < 4.78 is 30.9. The molecule has 1 heterocycles. The number of benzene rings is 2. The van der Waals surface area contributed by atoms with Crippen molar-refractivity contribution in [1.82, 2.24) is 0 Å². The highest BCUT2D eigenvalue weighted by molar-refractivity contribution is 7.91. The van der Waals surface area contributed by atoms with Crippen molar-refractivity contribution in [3.8, 4) is 0 Å². The van der Waals surface area contributed by atoms with Crippen LogP contribution in [0.1, 0.15) is 32.8 Å². The molecule has 2 aromatic carbocycles. The van der Waals surface area contributed by atoms with Crippen LogP contribution in [0.15, 0.2) is 64.1 Å². The first-order chi connectivity index (χ1) is 13.8. The minimum atomic E-state index is -3.74. The van der Waals surface area contributed by atoms with E-state index in [1.807, 2.05) is 31.2 Å². The number of hydrogen-bond donors (Lipinski definition) is 1. The highest BCUT2D eigenvalue weighted by atomic mass is 35.5. The molecule has 3 rings (SSSR count). The summed E-state index contributed by atoms with van der Waals surface area (Å²) >= 11 is 6.26. The molecule has 152 valence electrons. The molecule has 0 radical (unpaired) electrons. The van der Waals surface area contributed by atoms with Gasteiger partial charge in [0.1, 0.15) is 5.76 Å². The van der Waals surface area contributed by atoms with E-state index in [9.17, 15) is 18.3 Å². The number of carboxylic acids is 1. The molecule has 5 nitrogen and oxygen atoms in total. The number of rotatable bonds is 8. The van der Waals surface area contributed by atoms with Crippen molar-refractivity contribution in [3.05, 3.63) is 87.8 Å². The summed E-state index contributed by atoms with van der Waals surface area (Å²) in [7, 11) is -3.74. The standard InChI is InChI=1S/C22H21ClO5S/c1-15-4-6-16(7-5-15)10-12-29(26,27)21-14-19(22(24)25)17(13-20(21)23)8-9-18-3-2-11-28-18/h2-7,11,13-14H,8-10,12H2,1H3,(H,24,25). The minimum Gasteiger partial charge on any atom is -0.478 e. The molecule has 0 saturated carbocycles. The monoisotopic (exact) mass is 432 g/mol. The van der Waals surface area contributed by atoms with Gasteiger partial charge in [-0.25, -0.2) is 13.2 Å². The van der Waals surface area contributed by atoms with Gasteiger partial charge < -0.3 is 9.52 Å². The molecule has 0 saturated heterocycles. The number of aryl methyl sites for hydroxylation is 4. The van der Waals surface area contributed by atoms with Crippen LogP contribution in [-0.4, -0.2) is 25.2 Å². The highest BCUT2D eigenvalue weighted by Crippen LogP contribution is 2.28. The molecule has 0 fully saturated rings. The summed E-state index contributed by atoms with van der Waals surface area (Å²) in [5.41, 5.74) is 2.39. The quantitative estimate of drug-likeness (QED) is 0.555. The Morgan fingerprint density at radius 2 is 1.79 bits per heavy atom. The molecule has 7 heteroatoms. The smallest absolute Gasteiger partial charge is 0.336 e. The van der Waals surface area contributed by atoms with Crippen LogP contribution in [0.2, 0.25) is 5.02 Å². The third-order valence-corrected chi connectivity index (χ3v) is 6.90. The Balaban J connectivity index is 1.84. The molecule has 3 aromatic rings. The second-order valence-electron chi connectivity index (χ2n) is 6.88. The fourth-order valence-electron chi connectivity index (χ4n) is 3.07. The fourth-order valence-corrected chi connectivity index (χ4v) is 4.99. The van der Waals surface area contributed by atoms with Gasteiger partial charge in [0.05, 0.1) is 27.5 Å². The summed E-state index contributed by atoms with van der Waals surface area (Å²) in [6, 6.07) is 13.8. The number of furan rings is 1. The average Bonchev–Trinajstić information content (AvgIpc) is 3.19. The Hall–Kier alpha value is -2.57. The first kappa shape index (κ1) is 21.1. The van der Waals surface area contributed by atoms with Crippen molar-refractivity contribution in [2.24, 2.45) is 0 Å². The summed E-state index contributed by atoms with van der Waals surface area (Å²) in [5, 5.41) is 9.61. The lowest BCUT2D eigenvalue weighted by atomic mass is 10.0. The Morgan fingerprint density at radius 3 is 2.41 bits per heavy atom. The molecule has 0 aliphatic rings. The van der Waals surface area contributed by atoms with Crippen LogP contribution in [0.25, 0.3) is 0 Å². The zero-order chi connectivity index (χ0) is 21.0. The van der Waals surface area contributed by atoms with Crippen LogP contribution in [0, 0.1) is 6.92 Å². The predicted molar refractivity (Wildman–Crippen MR) is 111 cm³/mol. The first-order valence-corrected chi connectivity index (χ1v) is 11.2. The molecule has 1 aromatic heterocycles. The van der Waals surface area contributed by atoms with E-state index in [1.165, 1.54) is 12.1 Å². The number of carboxylic acid groups (broad SMARTS) is 1. The number of aromatic carboxylic acids is 1. The van der Waals surface area contributed by atoms with Gasteiger partial charge in [-0.15, -0.1) is 0 Å². The van der Waals surface area contributed by atoms with Crippen molar-refractivity contribution < 1.29 is 22.7 Å². The first-order valence-electron chi connectivity index (χ1n) is 9.12. The van der Waals surface area contributed by atoms with Gasteiger partial charge >= 0.3 is 5.97 Å². The van der Waals surface area contributed by atoms with Gasteiger partial charge in [0.2, 0.25) is 0 Å². The molecule has 0 unspecified atom stereocenters. The molecule has 0 aliphatic carbocycles. The number of carbonyl (C=O) groups is 1. The van der Waals surface area contributed by atoms with E-state index in [4.69, 9.17) is 16.0 Å². The average molecular weight is 433 g/mol. The second kappa shape index (κ2) is 8.84. The Morgan fingerprint density at radius 1 is 1.07 bits per heavy atom. The SMILES string of the molecule is Cc1ccc(CCS(=O)(=O)c2cc(C(=O)O)c(CCc3ccco3)cc2Cl)cc1. The highest BCUT2D eigenvalue weighted by Gasteiger charge is 2.23. The van der Waals surface area contributed by atoms with Gasteiger partial charge in [-0.2, -0.15) is 0 Å². The van der Waals surface area contributed by atoms with Crippen LogP contribution in [-0.2, 0) is 29.1 Å². The van der Waals surface area contributed by atoms with Gasteiger partial charge in [0.25, 0.3) is 0 Å². The van der Waals surface area contributed by atoms with E-state index < -0.39 is 15.8 Å². The van der Waals surface area contributed by atoms with Crippen molar-refractivity contribution in [2.75, 3.05) is 5.75 Å². The summed E-state index contributed by atoms with van der Waals surface area (Å²) in [6.45, 7) is 1.96. The molecule has 0 spiro atoms. The molecule has 0 aliphatic heterocycles. The molecule has 0 atom stereocenters. The van der Waals surface area contributed by atoms with E-state index >= 15 is 0 Å². The third kappa shape index (κ3) is 5.28. The third-order valence-electron chi connectivity index (χ3n) is 4.72. The number of halogens is 1. The van der Waals surface area contributed by atoms with Crippen molar-refractivity contribution in [1.29, 1.82) is 0 Å². The van der Waals surface area contributed by atoms with Crippen LogP contribution >= 0.6 is 11.6 Å². The van der Waals surface area contributed by atoms with Gasteiger partial charge in [0.15, 0.2) is 9.84 Å². The lowest BCUT2D eigenvalue weighted by molar-refractivity contribution is 0.0695. The lowest BCUT2D eigenvalue weighted by Crippen LogP contribution is -2.13. The zero-order valence-electron chi connectivity index (χ0n) is 15.9. The molecule has 1 N–H and O–H groups in total. The maximum absolute atomic E-state index is 12.8. The topological polar surface area (TPSA) is 84.6 Å². The van der Waals surface area contributed by atoms with Crippen molar-refractivity contribution in [3.63, 3.8) is 0 Å². The minimum absolute atomic E-state index is 0.0355. The van der Waals surface area contributed by atoms with Crippen molar-refractivity contribution in [2.45, 2.75) is 31.1 Å². The molecular formula is C22H21ClO5S. The predicted octanol–water partition coefficient (Wildman–Crippen LogP) is 4.74. The van der Waals surface area contributed by atoms with Crippen LogP contribution in [0.3, 0.4) is 0 Å². The molecule has 29 heavy (non-hydrogen) atoms. The number of hydrogen-bond acceptors (Lipinski definition) is 4. The van der Waals surface area contributed by atoms with E-state index in [-0.39, 0.29) is 21.2 Å². The number of sulfone groups is 1. The summed E-state index contributed by atoms with van der Waals surface area (Å²) in [5.74, 6) is -0.626. The summed E-state index contributed by atoms with van der Waals surface area (Å²) in [6.07, 6.45) is 2.73. The Bertz CT molecular complexity index is 1100. The molecule has 0 bridgehead atoms. The Labute approximate surface area is 174 Å². The largest absolute Gasteiger partial charge is 0.478 e. The van der Waals surface area contributed by atoms with Gasteiger partial charge in [0, 0.05) is 6.42 Å². The zero-order valence-corrected chi connectivity index (χ0v) is 17.5. The van der Waals surface area contributed by atoms with E-state index in [0.29, 0.717) is 30.6 Å². The van der Waals surface area contributed by atoms with Crippen LogP contribution in [0.5, 0.6) is 0 Å². The van der Waals surface area contributed by atoms with Gasteiger partial charge in [-0.3, -0.25) is 0 Å². The fraction of sp³-hybridized carbons (Fsp3) is 0.227. The Kier molecular flexibility index (Phi) is 6.45. The van der Waals surface area contributed by atoms with Gasteiger partial charge in [-0.1, -0.05) is 41.4 Å².